The van der Waals surface area contributed by atoms with Gasteiger partial charge in [0.2, 0.25) is 5.95 Å². The Kier molecular flexibility index (Phi) is 5.37. The highest BCUT2D eigenvalue weighted by atomic mass is 15.2. The first kappa shape index (κ1) is 15.7. The van der Waals surface area contributed by atoms with E-state index in [9.17, 15) is 0 Å². The summed E-state index contributed by atoms with van der Waals surface area (Å²) in [6.07, 6.45) is 8.69. The summed E-state index contributed by atoms with van der Waals surface area (Å²) < 4.78 is 0. The maximum atomic E-state index is 4.39. The molecule has 0 spiro atoms. The van der Waals surface area contributed by atoms with Gasteiger partial charge in [0.25, 0.3) is 0 Å². The molecule has 2 aromatic rings. The molecular formula is C19H24N4. The van der Waals surface area contributed by atoms with Gasteiger partial charge in [0.1, 0.15) is 0 Å². The first-order valence-corrected chi connectivity index (χ1v) is 8.28. The van der Waals surface area contributed by atoms with Gasteiger partial charge in [-0.3, -0.25) is 0 Å². The molecule has 4 nitrogen and oxygen atoms in total. The van der Waals surface area contributed by atoms with Crippen LogP contribution in [0.3, 0.4) is 0 Å². The lowest BCUT2D eigenvalue weighted by Gasteiger charge is -2.16. The van der Waals surface area contributed by atoms with Gasteiger partial charge in [-0.25, -0.2) is 9.97 Å². The molecule has 1 aliphatic heterocycles. The molecule has 0 radical (unpaired) electrons. The van der Waals surface area contributed by atoms with Crippen molar-refractivity contribution in [2.45, 2.75) is 25.3 Å². The first-order valence-electron chi connectivity index (χ1n) is 8.28. The fourth-order valence-corrected chi connectivity index (χ4v) is 2.97. The molecule has 0 bridgehead atoms. The normalized spacial score (nSPS) is 18.0. The zero-order chi connectivity index (χ0) is 15.9. The van der Waals surface area contributed by atoms with Crippen LogP contribution in [0.4, 0.5) is 5.95 Å². The number of benzene rings is 1. The Morgan fingerprint density at radius 1 is 1.17 bits per heavy atom. The number of aromatic nitrogens is 2. The number of rotatable bonds is 7. The van der Waals surface area contributed by atoms with Crippen LogP contribution in [0.2, 0.25) is 0 Å². The molecule has 1 atom stereocenters. The number of likely N-dealkylation sites (tertiary alicyclic amines) is 1. The van der Waals surface area contributed by atoms with Crippen molar-refractivity contribution in [2.75, 3.05) is 25.0 Å². The molecule has 3 rings (SSSR count). The lowest BCUT2D eigenvalue weighted by atomic mass is 10.1. The molecule has 0 amide bonds. The van der Waals surface area contributed by atoms with E-state index in [1.807, 2.05) is 18.5 Å². The van der Waals surface area contributed by atoms with Crippen molar-refractivity contribution in [3.8, 4) is 0 Å². The molecule has 120 valence electrons. The second-order valence-corrected chi connectivity index (χ2v) is 6.07. The van der Waals surface area contributed by atoms with Crippen LogP contribution in [0.15, 0.2) is 55.4 Å². The largest absolute Gasteiger partial charge is 0.350 e. The molecule has 23 heavy (non-hydrogen) atoms. The van der Waals surface area contributed by atoms with Gasteiger partial charge in [-0.2, -0.15) is 0 Å². The van der Waals surface area contributed by atoms with E-state index < -0.39 is 0 Å². The molecule has 0 saturated carbocycles. The van der Waals surface area contributed by atoms with Crippen molar-refractivity contribution in [3.05, 3.63) is 66.5 Å². The van der Waals surface area contributed by atoms with Crippen molar-refractivity contribution in [3.63, 3.8) is 0 Å². The summed E-state index contributed by atoms with van der Waals surface area (Å²) in [5.74, 6) is 0.729. The van der Waals surface area contributed by atoms with Gasteiger partial charge < -0.3 is 10.2 Å². The number of hydrogen-bond donors (Lipinski definition) is 1. The lowest BCUT2D eigenvalue weighted by molar-refractivity contribution is 0.340. The molecule has 1 N–H and O–H groups in total. The van der Waals surface area contributed by atoms with Crippen LogP contribution in [0.5, 0.6) is 0 Å². The van der Waals surface area contributed by atoms with Gasteiger partial charge >= 0.3 is 0 Å². The molecule has 1 aliphatic rings. The molecule has 2 heterocycles. The summed E-state index contributed by atoms with van der Waals surface area (Å²) in [5, 5.41) is 3.45. The van der Waals surface area contributed by atoms with Gasteiger partial charge in [0.15, 0.2) is 0 Å². The summed E-state index contributed by atoms with van der Waals surface area (Å²) in [5.41, 5.74) is 2.51. The SMILES string of the molecule is C=CCc1cnc(N[C@@H]2CCN(CCc3ccccc3)C2)nc1. The van der Waals surface area contributed by atoms with E-state index in [0.717, 1.165) is 50.4 Å². The number of anilines is 1. The summed E-state index contributed by atoms with van der Waals surface area (Å²) in [6.45, 7) is 7.04. The van der Waals surface area contributed by atoms with Crippen LogP contribution < -0.4 is 5.32 Å². The van der Waals surface area contributed by atoms with E-state index in [-0.39, 0.29) is 0 Å². The smallest absolute Gasteiger partial charge is 0.222 e. The Morgan fingerprint density at radius 3 is 2.70 bits per heavy atom. The van der Waals surface area contributed by atoms with Gasteiger partial charge in [-0.15, -0.1) is 6.58 Å². The zero-order valence-electron chi connectivity index (χ0n) is 13.5. The second-order valence-electron chi connectivity index (χ2n) is 6.07. The average molecular weight is 308 g/mol. The standard InChI is InChI=1S/C19H24N4/c1-2-6-17-13-20-19(21-14-17)22-18-10-12-23(15-18)11-9-16-7-4-3-5-8-16/h2-5,7-8,13-14,18H,1,6,9-12,15H2,(H,20,21,22)/t18-/m1/s1. The van der Waals surface area contributed by atoms with Gasteiger partial charge in [0.05, 0.1) is 0 Å². The minimum atomic E-state index is 0.441. The van der Waals surface area contributed by atoms with Crippen LogP contribution in [-0.4, -0.2) is 40.5 Å². The highest BCUT2D eigenvalue weighted by Crippen LogP contribution is 2.14. The summed E-state index contributed by atoms with van der Waals surface area (Å²) >= 11 is 0. The fraction of sp³-hybridized carbons (Fsp3) is 0.368. The monoisotopic (exact) mass is 308 g/mol. The Morgan fingerprint density at radius 2 is 1.96 bits per heavy atom. The highest BCUT2D eigenvalue weighted by Gasteiger charge is 2.22. The van der Waals surface area contributed by atoms with E-state index in [4.69, 9.17) is 0 Å². The molecule has 4 heteroatoms. The first-order chi connectivity index (χ1) is 11.3. The van der Waals surface area contributed by atoms with Crippen molar-refractivity contribution in [1.82, 2.24) is 14.9 Å². The third-order valence-corrected chi connectivity index (χ3v) is 4.25. The Labute approximate surface area is 138 Å². The van der Waals surface area contributed by atoms with Crippen molar-refractivity contribution < 1.29 is 0 Å². The molecular weight excluding hydrogens is 284 g/mol. The quantitative estimate of drug-likeness (QED) is 0.799. The van der Waals surface area contributed by atoms with Crippen molar-refractivity contribution in [2.24, 2.45) is 0 Å². The molecule has 0 aliphatic carbocycles. The maximum Gasteiger partial charge on any atom is 0.222 e. The molecule has 1 aromatic heterocycles. The Balaban J connectivity index is 1.45. The summed E-state index contributed by atoms with van der Waals surface area (Å²) in [7, 11) is 0. The zero-order valence-corrected chi connectivity index (χ0v) is 13.5. The fourth-order valence-electron chi connectivity index (χ4n) is 2.97. The minimum absolute atomic E-state index is 0.441. The number of nitrogens with zero attached hydrogens (tertiary/aromatic N) is 3. The lowest BCUT2D eigenvalue weighted by Crippen LogP contribution is -2.28. The molecule has 1 fully saturated rings. The highest BCUT2D eigenvalue weighted by molar-refractivity contribution is 5.27. The second kappa shape index (κ2) is 7.88. The Hall–Kier alpha value is -2.20. The maximum absolute atomic E-state index is 4.39. The van der Waals surface area contributed by atoms with Crippen LogP contribution in [0.25, 0.3) is 0 Å². The predicted octanol–water partition coefficient (Wildman–Crippen LogP) is 2.93. The van der Waals surface area contributed by atoms with Crippen molar-refractivity contribution in [1.29, 1.82) is 0 Å². The molecule has 1 saturated heterocycles. The van der Waals surface area contributed by atoms with E-state index in [1.54, 1.807) is 0 Å². The number of hydrogen-bond acceptors (Lipinski definition) is 4. The van der Waals surface area contributed by atoms with E-state index in [2.05, 4.69) is 57.1 Å². The third-order valence-electron chi connectivity index (χ3n) is 4.25. The molecule has 1 aromatic carbocycles. The van der Waals surface area contributed by atoms with Crippen molar-refractivity contribution >= 4 is 5.95 Å². The van der Waals surface area contributed by atoms with Gasteiger partial charge in [0, 0.05) is 38.1 Å². The summed E-state index contributed by atoms with van der Waals surface area (Å²) in [4.78, 5) is 11.3. The summed E-state index contributed by atoms with van der Waals surface area (Å²) in [6, 6.07) is 11.1. The van der Waals surface area contributed by atoms with Crippen LogP contribution >= 0.6 is 0 Å². The predicted molar refractivity (Wildman–Crippen MR) is 94.5 cm³/mol. The van der Waals surface area contributed by atoms with E-state index in [0.29, 0.717) is 6.04 Å². The van der Waals surface area contributed by atoms with Crippen LogP contribution in [0.1, 0.15) is 17.5 Å². The van der Waals surface area contributed by atoms with Gasteiger partial charge in [-0.1, -0.05) is 36.4 Å². The Bertz CT molecular complexity index is 609. The van der Waals surface area contributed by atoms with Crippen LogP contribution in [-0.2, 0) is 12.8 Å². The third kappa shape index (κ3) is 4.63. The topological polar surface area (TPSA) is 41.1 Å². The van der Waals surface area contributed by atoms with E-state index >= 15 is 0 Å². The minimum Gasteiger partial charge on any atom is -0.350 e. The van der Waals surface area contributed by atoms with Gasteiger partial charge in [-0.05, 0) is 30.4 Å². The average Bonchev–Trinajstić information content (AvgIpc) is 3.03. The van der Waals surface area contributed by atoms with E-state index in [1.165, 1.54) is 5.56 Å². The number of nitrogens with one attached hydrogen (secondary N) is 1. The number of allylic oxidation sites excluding steroid dienone is 1. The van der Waals surface area contributed by atoms with Crippen LogP contribution in [0, 0.1) is 0 Å². The molecule has 0 unspecified atom stereocenters.